The molecule has 1 N–H and O–H groups in total. The summed E-state index contributed by atoms with van der Waals surface area (Å²) in [5.74, 6) is -0.649. The fraction of sp³-hybridized carbons (Fsp3) is 0.500. The number of methoxy groups -OCH3 is 1. The van der Waals surface area contributed by atoms with E-state index in [1.165, 1.54) is 29.7 Å². The number of sulfonamides is 1. The lowest BCUT2D eigenvalue weighted by atomic mass is 10.1. The summed E-state index contributed by atoms with van der Waals surface area (Å²) < 4.78 is 31.0. The third kappa shape index (κ3) is 1.79. The van der Waals surface area contributed by atoms with Gasteiger partial charge in [0.25, 0.3) is 0 Å². The highest BCUT2D eigenvalue weighted by Crippen LogP contribution is 2.58. The quantitative estimate of drug-likeness (QED) is 0.852. The van der Waals surface area contributed by atoms with Crippen molar-refractivity contribution in [2.24, 2.45) is 11.3 Å². The van der Waals surface area contributed by atoms with Gasteiger partial charge in [-0.2, -0.15) is 4.31 Å². The maximum absolute atomic E-state index is 12.4. The molecule has 2 heterocycles. The fourth-order valence-corrected chi connectivity index (χ4v) is 4.24. The van der Waals surface area contributed by atoms with Gasteiger partial charge < -0.3 is 9.84 Å². The summed E-state index contributed by atoms with van der Waals surface area (Å²) in [7, 11) is -2.24. The highest BCUT2D eigenvalue weighted by molar-refractivity contribution is 7.89. The molecular weight excluding hydrogens is 284 g/mol. The Balaban J connectivity index is 1.85. The smallest absolute Gasteiger partial charge is 0.311 e. The predicted octanol–water partition coefficient (Wildman–Crippen LogP) is 0.185. The summed E-state index contributed by atoms with van der Waals surface area (Å²) in [5.41, 5.74) is -0.868. The Labute approximate surface area is 116 Å². The maximum atomic E-state index is 12.4. The van der Waals surface area contributed by atoms with Crippen molar-refractivity contribution in [2.75, 3.05) is 20.2 Å². The Morgan fingerprint density at radius 3 is 2.80 bits per heavy atom. The van der Waals surface area contributed by atoms with E-state index in [9.17, 15) is 18.3 Å². The van der Waals surface area contributed by atoms with Crippen molar-refractivity contribution in [3.8, 4) is 5.88 Å². The molecule has 7 nitrogen and oxygen atoms in total. The van der Waals surface area contributed by atoms with E-state index in [0.29, 0.717) is 12.3 Å². The zero-order valence-corrected chi connectivity index (χ0v) is 11.6. The van der Waals surface area contributed by atoms with Crippen LogP contribution < -0.4 is 4.74 Å². The van der Waals surface area contributed by atoms with Gasteiger partial charge in [-0.25, -0.2) is 13.4 Å². The number of carbonyl (C=O) groups is 1. The van der Waals surface area contributed by atoms with E-state index in [1.807, 2.05) is 0 Å². The Hall–Kier alpha value is -1.67. The van der Waals surface area contributed by atoms with Gasteiger partial charge in [0.2, 0.25) is 15.9 Å². The van der Waals surface area contributed by atoms with Gasteiger partial charge in [0.15, 0.2) is 0 Å². The number of piperidine rings is 1. The standard InChI is InChI=1S/C12H14N2O5S/c1-19-10-3-2-9(5-13-10)20(17,18)14-6-8-4-12(8,7-14)11(15)16/h2-3,5,8H,4,6-7H2,1H3,(H,15,16). The minimum atomic E-state index is -3.69. The number of pyridine rings is 1. The minimum Gasteiger partial charge on any atom is -0.481 e. The summed E-state index contributed by atoms with van der Waals surface area (Å²) in [6.07, 6.45) is 1.79. The average Bonchev–Trinajstić information content (AvgIpc) is 3.01. The number of hydrogen-bond donors (Lipinski definition) is 1. The molecule has 2 unspecified atom stereocenters. The molecule has 1 aliphatic carbocycles. The van der Waals surface area contributed by atoms with Crippen LogP contribution in [-0.2, 0) is 14.8 Å². The summed E-state index contributed by atoms with van der Waals surface area (Å²) in [6.45, 7) is 0.308. The number of carboxylic acid groups (broad SMARTS) is 1. The van der Waals surface area contributed by atoms with Crippen LogP contribution in [0.1, 0.15) is 6.42 Å². The lowest BCUT2D eigenvalue weighted by molar-refractivity contribution is -0.143. The summed E-state index contributed by atoms with van der Waals surface area (Å²) in [6, 6.07) is 2.88. The predicted molar refractivity (Wildman–Crippen MR) is 67.7 cm³/mol. The van der Waals surface area contributed by atoms with Crippen LogP contribution in [0.15, 0.2) is 23.2 Å². The summed E-state index contributed by atoms with van der Waals surface area (Å²) >= 11 is 0. The van der Waals surface area contributed by atoms with Crippen LogP contribution in [0.4, 0.5) is 0 Å². The molecule has 2 aliphatic rings. The van der Waals surface area contributed by atoms with Gasteiger partial charge >= 0.3 is 5.97 Å². The van der Waals surface area contributed by atoms with Crippen molar-refractivity contribution < 1.29 is 23.1 Å². The van der Waals surface area contributed by atoms with Crippen LogP contribution in [0.2, 0.25) is 0 Å². The second-order valence-electron chi connectivity index (χ2n) is 5.20. The second kappa shape index (κ2) is 4.16. The van der Waals surface area contributed by atoms with E-state index in [1.54, 1.807) is 0 Å². The fourth-order valence-electron chi connectivity index (χ4n) is 2.74. The van der Waals surface area contributed by atoms with Crippen molar-refractivity contribution in [1.29, 1.82) is 0 Å². The molecule has 3 rings (SSSR count). The number of aromatic nitrogens is 1. The van der Waals surface area contributed by atoms with E-state index in [-0.39, 0.29) is 23.9 Å². The monoisotopic (exact) mass is 298 g/mol. The summed E-state index contributed by atoms with van der Waals surface area (Å²) in [5, 5.41) is 9.19. The largest absolute Gasteiger partial charge is 0.481 e. The van der Waals surface area contributed by atoms with Gasteiger partial charge in [-0.05, 0) is 18.4 Å². The van der Waals surface area contributed by atoms with Crippen molar-refractivity contribution >= 4 is 16.0 Å². The molecular formula is C12H14N2O5S. The average molecular weight is 298 g/mol. The summed E-state index contributed by atoms with van der Waals surface area (Å²) in [4.78, 5) is 15.1. The van der Waals surface area contributed by atoms with Crippen LogP contribution in [0, 0.1) is 11.3 Å². The Morgan fingerprint density at radius 2 is 2.30 bits per heavy atom. The highest BCUT2D eigenvalue weighted by atomic mass is 32.2. The molecule has 1 aromatic rings. The van der Waals surface area contributed by atoms with E-state index in [2.05, 4.69) is 4.98 Å². The maximum Gasteiger partial charge on any atom is 0.311 e. The van der Waals surface area contributed by atoms with Crippen LogP contribution in [-0.4, -0.2) is 49.0 Å². The number of hydrogen-bond acceptors (Lipinski definition) is 5. The lowest BCUT2D eigenvalue weighted by Gasteiger charge is -2.19. The highest BCUT2D eigenvalue weighted by Gasteiger charge is 2.67. The SMILES string of the molecule is COc1ccc(S(=O)(=O)N2CC3CC3(C(=O)O)C2)cn1. The van der Waals surface area contributed by atoms with Crippen LogP contribution in [0.3, 0.4) is 0 Å². The molecule has 2 atom stereocenters. The Morgan fingerprint density at radius 1 is 1.55 bits per heavy atom. The van der Waals surface area contributed by atoms with Gasteiger partial charge in [0.1, 0.15) is 4.90 Å². The van der Waals surface area contributed by atoms with E-state index in [0.717, 1.165) is 0 Å². The Bertz CT molecular complexity index is 657. The molecule has 1 aliphatic heterocycles. The second-order valence-corrected chi connectivity index (χ2v) is 7.13. The molecule has 0 radical (unpaired) electrons. The van der Waals surface area contributed by atoms with Crippen molar-refractivity contribution in [3.05, 3.63) is 18.3 Å². The number of nitrogens with zero attached hydrogens (tertiary/aromatic N) is 2. The van der Waals surface area contributed by atoms with Crippen LogP contribution >= 0.6 is 0 Å². The van der Waals surface area contributed by atoms with Crippen molar-refractivity contribution in [1.82, 2.24) is 9.29 Å². The zero-order valence-electron chi connectivity index (χ0n) is 10.8. The molecule has 1 saturated carbocycles. The molecule has 1 saturated heterocycles. The number of aliphatic carboxylic acids is 1. The first kappa shape index (κ1) is 13.3. The normalized spacial score (nSPS) is 28.9. The molecule has 8 heteroatoms. The number of fused-ring (bicyclic) bond motifs is 1. The number of rotatable bonds is 4. The molecule has 0 bridgehead atoms. The molecule has 2 fully saturated rings. The van der Waals surface area contributed by atoms with Crippen LogP contribution in [0.25, 0.3) is 0 Å². The first-order chi connectivity index (χ1) is 9.40. The van der Waals surface area contributed by atoms with Crippen LogP contribution in [0.5, 0.6) is 5.88 Å². The third-order valence-electron chi connectivity index (χ3n) is 4.10. The molecule has 108 valence electrons. The van der Waals surface area contributed by atoms with Gasteiger partial charge in [-0.15, -0.1) is 0 Å². The van der Waals surface area contributed by atoms with E-state index >= 15 is 0 Å². The first-order valence-corrected chi connectivity index (χ1v) is 7.58. The number of ether oxygens (including phenoxy) is 1. The molecule has 1 aromatic heterocycles. The van der Waals surface area contributed by atoms with Gasteiger partial charge in [-0.1, -0.05) is 0 Å². The van der Waals surface area contributed by atoms with Gasteiger partial charge in [0.05, 0.1) is 18.7 Å². The molecule has 20 heavy (non-hydrogen) atoms. The zero-order chi connectivity index (χ0) is 14.5. The van der Waals surface area contributed by atoms with Gasteiger partial charge in [-0.3, -0.25) is 4.79 Å². The minimum absolute atomic E-state index is 0.0430. The molecule has 0 spiro atoms. The molecule has 0 amide bonds. The number of carboxylic acids is 1. The first-order valence-electron chi connectivity index (χ1n) is 6.14. The topological polar surface area (TPSA) is 96.8 Å². The third-order valence-corrected chi connectivity index (χ3v) is 5.89. The van der Waals surface area contributed by atoms with Gasteiger partial charge in [0, 0.05) is 19.2 Å². The van der Waals surface area contributed by atoms with Crippen molar-refractivity contribution in [3.63, 3.8) is 0 Å². The molecule has 0 aromatic carbocycles. The van der Waals surface area contributed by atoms with Crippen molar-refractivity contribution in [2.45, 2.75) is 11.3 Å². The van der Waals surface area contributed by atoms with E-state index < -0.39 is 21.4 Å². The van der Waals surface area contributed by atoms with E-state index in [4.69, 9.17) is 4.74 Å². The lowest BCUT2D eigenvalue weighted by Crippen LogP contribution is -2.33. The Kier molecular flexibility index (Phi) is 2.77.